The van der Waals surface area contributed by atoms with Gasteiger partial charge in [-0.15, -0.1) is 0 Å². The zero-order chi connectivity index (χ0) is 11.1. The molecular weight excluding hydrogens is 194 g/mol. The second-order valence-electron chi connectivity index (χ2n) is 4.25. The molecule has 1 heteroatoms. The Labute approximate surface area is 95.3 Å². The van der Waals surface area contributed by atoms with E-state index in [-0.39, 0.29) is 6.04 Å². The number of fused-ring (bicyclic) bond motifs is 3. The van der Waals surface area contributed by atoms with E-state index in [1.54, 1.807) is 0 Å². The van der Waals surface area contributed by atoms with Crippen LogP contribution in [0.15, 0.2) is 48.5 Å². The molecular formula is C15H14N. The molecule has 0 aliphatic carbocycles. The largest absolute Gasteiger partial charge is 0.338 e. The first kappa shape index (κ1) is 9.46. The number of benzene rings is 2. The average molecular weight is 208 g/mol. The first-order valence-electron chi connectivity index (χ1n) is 5.60. The quantitative estimate of drug-likeness (QED) is 0.565. The van der Waals surface area contributed by atoms with Crippen molar-refractivity contribution in [2.45, 2.75) is 13.0 Å². The van der Waals surface area contributed by atoms with Gasteiger partial charge in [-0.05, 0) is 26.0 Å². The molecule has 3 aromatic rings. The van der Waals surface area contributed by atoms with E-state index in [2.05, 4.69) is 66.9 Å². The summed E-state index contributed by atoms with van der Waals surface area (Å²) < 4.78 is 2.30. The number of para-hydroxylation sites is 2. The van der Waals surface area contributed by atoms with Gasteiger partial charge in [0.05, 0.1) is 0 Å². The first-order valence-corrected chi connectivity index (χ1v) is 5.60. The molecule has 3 rings (SSSR count). The van der Waals surface area contributed by atoms with Gasteiger partial charge >= 0.3 is 0 Å². The van der Waals surface area contributed by atoms with Crippen molar-refractivity contribution >= 4 is 21.8 Å². The lowest BCUT2D eigenvalue weighted by Crippen LogP contribution is -1.99. The highest BCUT2D eigenvalue weighted by atomic mass is 15.0. The summed E-state index contributed by atoms with van der Waals surface area (Å²) in [4.78, 5) is 0. The summed E-state index contributed by atoms with van der Waals surface area (Å²) in [7, 11) is 0. The Morgan fingerprint density at radius 1 is 0.875 bits per heavy atom. The van der Waals surface area contributed by atoms with Gasteiger partial charge in [0.2, 0.25) is 0 Å². The molecule has 1 atom stereocenters. The summed E-state index contributed by atoms with van der Waals surface area (Å²) in [6.45, 7) is 6.27. The number of hydrogen-bond donors (Lipinski definition) is 0. The van der Waals surface area contributed by atoms with Crippen LogP contribution in [-0.4, -0.2) is 4.57 Å². The molecule has 0 aliphatic rings. The summed E-state index contributed by atoms with van der Waals surface area (Å²) in [5.74, 6) is 0. The van der Waals surface area contributed by atoms with Crippen molar-refractivity contribution in [3.8, 4) is 0 Å². The molecule has 1 nitrogen and oxygen atoms in total. The van der Waals surface area contributed by atoms with Crippen molar-refractivity contribution in [3.63, 3.8) is 0 Å². The highest BCUT2D eigenvalue weighted by Gasteiger charge is 2.10. The molecule has 0 saturated heterocycles. The maximum atomic E-state index is 4.14. The van der Waals surface area contributed by atoms with Crippen LogP contribution in [-0.2, 0) is 0 Å². The Hall–Kier alpha value is -1.76. The zero-order valence-corrected chi connectivity index (χ0v) is 9.35. The van der Waals surface area contributed by atoms with Gasteiger partial charge in [-0.1, -0.05) is 36.4 Å². The lowest BCUT2D eigenvalue weighted by Gasteiger charge is -2.10. The fourth-order valence-corrected chi connectivity index (χ4v) is 2.43. The molecule has 0 saturated carbocycles. The SMILES string of the molecule is [CH2]C(C)n1c2ccccc2c2ccccc21. The maximum absolute atomic E-state index is 4.14. The van der Waals surface area contributed by atoms with Crippen LogP contribution in [0.3, 0.4) is 0 Å². The molecule has 79 valence electrons. The van der Waals surface area contributed by atoms with Crippen molar-refractivity contribution in [1.82, 2.24) is 4.57 Å². The van der Waals surface area contributed by atoms with E-state index in [9.17, 15) is 0 Å². The van der Waals surface area contributed by atoms with Crippen LogP contribution in [0.1, 0.15) is 13.0 Å². The number of rotatable bonds is 1. The first-order chi connectivity index (χ1) is 7.79. The van der Waals surface area contributed by atoms with E-state index < -0.39 is 0 Å². The Bertz CT molecular complexity index is 593. The van der Waals surface area contributed by atoms with E-state index in [0.29, 0.717) is 0 Å². The van der Waals surface area contributed by atoms with Gasteiger partial charge in [0.15, 0.2) is 0 Å². The van der Waals surface area contributed by atoms with E-state index in [4.69, 9.17) is 0 Å². The molecule has 1 radical (unpaired) electrons. The van der Waals surface area contributed by atoms with Gasteiger partial charge in [-0.2, -0.15) is 0 Å². The lowest BCUT2D eigenvalue weighted by molar-refractivity contribution is 0.706. The van der Waals surface area contributed by atoms with Crippen LogP contribution in [0, 0.1) is 6.92 Å². The number of aromatic nitrogens is 1. The Kier molecular flexibility index (Phi) is 2.00. The van der Waals surface area contributed by atoms with Crippen LogP contribution in [0.4, 0.5) is 0 Å². The molecule has 0 amide bonds. The van der Waals surface area contributed by atoms with Gasteiger partial charge < -0.3 is 4.57 Å². The molecule has 0 fully saturated rings. The van der Waals surface area contributed by atoms with Crippen LogP contribution >= 0.6 is 0 Å². The summed E-state index contributed by atoms with van der Waals surface area (Å²) in [5, 5.41) is 2.63. The third kappa shape index (κ3) is 1.18. The Morgan fingerprint density at radius 2 is 1.31 bits per heavy atom. The summed E-state index contributed by atoms with van der Waals surface area (Å²) in [6, 6.07) is 17.3. The summed E-state index contributed by atoms with van der Waals surface area (Å²) in [6.07, 6.45) is 0. The average Bonchev–Trinajstić information content (AvgIpc) is 2.63. The standard InChI is InChI=1S/C15H14N/c1-11(2)16-14-9-5-3-7-12(14)13-8-4-6-10-15(13)16/h3-11H,1H2,2H3. The third-order valence-corrected chi connectivity index (χ3v) is 3.06. The molecule has 0 bridgehead atoms. The van der Waals surface area contributed by atoms with Crippen LogP contribution in [0.5, 0.6) is 0 Å². The smallest absolute Gasteiger partial charge is 0.0493 e. The predicted octanol–water partition coefficient (Wildman–Crippen LogP) is 4.19. The van der Waals surface area contributed by atoms with Crippen molar-refractivity contribution in [2.24, 2.45) is 0 Å². The van der Waals surface area contributed by atoms with Gasteiger partial charge in [0.25, 0.3) is 0 Å². The van der Waals surface area contributed by atoms with Crippen molar-refractivity contribution in [1.29, 1.82) is 0 Å². The van der Waals surface area contributed by atoms with Crippen LogP contribution in [0.25, 0.3) is 21.8 Å². The highest BCUT2D eigenvalue weighted by molar-refractivity contribution is 6.08. The fourth-order valence-electron chi connectivity index (χ4n) is 2.43. The summed E-state index contributed by atoms with van der Waals surface area (Å²) in [5.41, 5.74) is 2.54. The molecule has 1 aromatic heterocycles. The van der Waals surface area contributed by atoms with Gasteiger partial charge in [0, 0.05) is 27.8 Å². The monoisotopic (exact) mass is 208 g/mol. The molecule has 2 aromatic carbocycles. The van der Waals surface area contributed by atoms with Crippen molar-refractivity contribution in [2.75, 3.05) is 0 Å². The predicted molar refractivity (Wildman–Crippen MR) is 69.5 cm³/mol. The molecule has 16 heavy (non-hydrogen) atoms. The minimum atomic E-state index is 0.241. The Morgan fingerprint density at radius 3 is 1.75 bits per heavy atom. The molecule has 0 N–H and O–H groups in total. The van der Waals surface area contributed by atoms with Crippen LogP contribution < -0.4 is 0 Å². The minimum Gasteiger partial charge on any atom is -0.338 e. The Balaban J connectivity index is 2.59. The second kappa shape index (κ2) is 3.38. The van der Waals surface area contributed by atoms with Crippen molar-refractivity contribution < 1.29 is 0 Å². The number of hydrogen-bond acceptors (Lipinski definition) is 0. The topological polar surface area (TPSA) is 4.93 Å². The maximum Gasteiger partial charge on any atom is 0.0493 e. The normalized spacial score (nSPS) is 11.7. The van der Waals surface area contributed by atoms with Gasteiger partial charge in [0.1, 0.15) is 0 Å². The molecule has 0 spiro atoms. The fraction of sp³-hybridized carbons (Fsp3) is 0.133. The minimum absolute atomic E-state index is 0.241. The number of nitrogens with zero attached hydrogens (tertiary/aromatic N) is 1. The third-order valence-electron chi connectivity index (χ3n) is 3.06. The zero-order valence-electron chi connectivity index (χ0n) is 9.35. The van der Waals surface area contributed by atoms with E-state index >= 15 is 0 Å². The molecule has 0 aliphatic heterocycles. The lowest BCUT2D eigenvalue weighted by atomic mass is 10.2. The van der Waals surface area contributed by atoms with Gasteiger partial charge in [-0.3, -0.25) is 0 Å². The van der Waals surface area contributed by atoms with Crippen molar-refractivity contribution in [3.05, 3.63) is 55.5 Å². The van der Waals surface area contributed by atoms with Crippen LogP contribution in [0.2, 0.25) is 0 Å². The van der Waals surface area contributed by atoms with E-state index in [1.807, 2.05) is 0 Å². The second-order valence-corrected chi connectivity index (χ2v) is 4.25. The molecule has 1 unspecified atom stereocenters. The summed E-state index contributed by atoms with van der Waals surface area (Å²) >= 11 is 0. The van der Waals surface area contributed by atoms with E-state index in [0.717, 1.165) is 0 Å². The highest BCUT2D eigenvalue weighted by Crippen LogP contribution is 2.30. The molecule has 1 heterocycles. The van der Waals surface area contributed by atoms with Gasteiger partial charge in [-0.25, -0.2) is 0 Å². The van der Waals surface area contributed by atoms with E-state index in [1.165, 1.54) is 21.8 Å².